The minimum absolute atomic E-state index is 0.0783. The van der Waals surface area contributed by atoms with E-state index in [1.165, 1.54) is 0 Å². The van der Waals surface area contributed by atoms with E-state index in [-0.39, 0.29) is 24.0 Å². The van der Waals surface area contributed by atoms with Crippen LogP contribution < -0.4 is 20.7 Å². The van der Waals surface area contributed by atoms with Gasteiger partial charge in [0, 0.05) is 24.5 Å². The molecule has 0 saturated carbocycles. The van der Waals surface area contributed by atoms with Gasteiger partial charge in [0.05, 0.1) is 11.7 Å². The Hall–Kier alpha value is -3.57. The number of carbonyl (C=O) groups excluding carboxylic acids is 2. The zero-order valence-electron chi connectivity index (χ0n) is 18.3. The van der Waals surface area contributed by atoms with E-state index in [9.17, 15) is 14.9 Å². The second-order valence-electron chi connectivity index (χ2n) is 7.93. The summed E-state index contributed by atoms with van der Waals surface area (Å²) < 4.78 is 11.4. The van der Waals surface area contributed by atoms with Crippen LogP contribution in [0.4, 0.5) is 16.2 Å². The van der Waals surface area contributed by atoms with E-state index in [1.54, 1.807) is 48.5 Å². The molecule has 0 spiro atoms. The summed E-state index contributed by atoms with van der Waals surface area (Å²) in [5.41, 5.74) is 1.55. The topological polar surface area (TPSA) is 112 Å². The fourth-order valence-electron chi connectivity index (χ4n) is 3.33. The zero-order valence-corrected chi connectivity index (χ0v) is 18.3. The summed E-state index contributed by atoms with van der Waals surface area (Å²) in [6, 6.07) is 15.4. The molecular weight excluding hydrogens is 408 g/mol. The van der Waals surface area contributed by atoms with Gasteiger partial charge < -0.3 is 25.4 Å². The summed E-state index contributed by atoms with van der Waals surface area (Å²) in [5, 5.41) is 17.6. The molecule has 3 N–H and O–H groups in total. The summed E-state index contributed by atoms with van der Waals surface area (Å²) in [7, 11) is 0. The monoisotopic (exact) mass is 436 g/mol. The smallest absolute Gasteiger partial charge is 0.319 e. The van der Waals surface area contributed by atoms with Crippen molar-refractivity contribution in [3.05, 3.63) is 54.1 Å². The first-order valence-corrected chi connectivity index (χ1v) is 10.7. The van der Waals surface area contributed by atoms with Crippen molar-refractivity contribution in [1.82, 2.24) is 5.32 Å². The number of nitrogens with zero attached hydrogens (tertiary/aromatic N) is 1. The largest absolute Gasteiger partial charge is 0.479 e. The van der Waals surface area contributed by atoms with Crippen LogP contribution in [0, 0.1) is 17.2 Å². The molecule has 168 valence electrons. The molecule has 32 heavy (non-hydrogen) atoms. The number of ether oxygens (including phenoxy) is 2. The van der Waals surface area contributed by atoms with E-state index in [1.807, 2.05) is 13.8 Å². The molecule has 1 fully saturated rings. The van der Waals surface area contributed by atoms with Crippen molar-refractivity contribution < 1.29 is 19.1 Å². The van der Waals surface area contributed by atoms with Gasteiger partial charge in [0.1, 0.15) is 11.8 Å². The molecule has 8 heteroatoms. The first-order chi connectivity index (χ1) is 15.5. The lowest BCUT2D eigenvalue weighted by molar-refractivity contribution is -0.124. The predicted octanol–water partition coefficient (Wildman–Crippen LogP) is 3.90. The third-order valence-corrected chi connectivity index (χ3v) is 5.05. The van der Waals surface area contributed by atoms with Crippen LogP contribution in [-0.4, -0.2) is 37.3 Å². The molecule has 2 unspecified atom stereocenters. The summed E-state index contributed by atoms with van der Waals surface area (Å²) in [6.45, 7) is 4.98. The van der Waals surface area contributed by atoms with Crippen molar-refractivity contribution >= 4 is 23.3 Å². The third-order valence-electron chi connectivity index (χ3n) is 5.05. The number of nitrogens with one attached hydrogen (secondary N) is 3. The molecule has 1 aliphatic rings. The van der Waals surface area contributed by atoms with Crippen LogP contribution >= 0.6 is 0 Å². The van der Waals surface area contributed by atoms with Gasteiger partial charge in [-0.3, -0.25) is 4.79 Å². The van der Waals surface area contributed by atoms with E-state index in [2.05, 4.69) is 22.0 Å². The number of amides is 3. The molecule has 1 saturated heterocycles. The quantitative estimate of drug-likeness (QED) is 0.581. The SMILES string of the molecule is CC(C)C(Oc1ccccc1C#N)C(=O)Nc1ccc(NC(=O)NCC2CCCO2)cc1. The van der Waals surface area contributed by atoms with E-state index < -0.39 is 6.10 Å². The Morgan fingerprint density at radius 2 is 1.81 bits per heavy atom. The normalized spacial score (nSPS) is 16.1. The van der Waals surface area contributed by atoms with Gasteiger partial charge in [-0.25, -0.2) is 4.79 Å². The van der Waals surface area contributed by atoms with Gasteiger partial charge in [-0.1, -0.05) is 26.0 Å². The summed E-state index contributed by atoms with van der Waals surface area (Å²) in [4.78, 5) is 24.9. The van der Waals surface area contributed by atoms with Gasteiger partial charge in [-0.05, 0) is 55.2 Å². The first kappa shape index (κ1) is 23.1. The van der Waals surface area contributed by atoms with Gasteiger partial charge in [-0.15, -0.1) is 0 Å². The maximum Gasteiger partial charge on any atom is 0.319 e. The summed E-state index contributed by atoms with van der Waals surface area (Å²) >= 11 is 0. The first-order valence-electron chi connectivity index (χ1n) is 10.7. The number of urea groups is 1. The number of rotatable bonds is 8. The minimum Gasteiger partial charge on any atom is -0.479 e. The summed E-state index contributed by atoms with van der Waals surface area (Å²) in [5.74, 6) is -0.0598. The number of hydrogen-bond donors (Lipinski definition) is 3. The molecule has 0 aromatic heterocycles. The van der Waals surface area contributed by atoms with Crippen LogP contribution in [0.1, 0.15) is 32.3 Å². The summed E-state index contributed by atoms with van der Waals surface area (Å²) in [6.07, 6.45) is 1.28. The Labute approximate surface area is 187 Å². The Morgan fingerprint density at radius 3 is 2.44 bits per heavy atom. The number of anilines is 2. The van der Waals surface area contributed by atoms with Gasteiger partial charge in [0.25, 0.3) is 5.91 Å². The van der Waals surface area contributed by atoms with Gasteiger partial charge in [-0.2, -0.15) is 5.26 Å². The average molecular weight is 437 g/mol. The lowest BCUT2D eigenvalue weighted by Gasteiger charge is -2.22. The van der Waals surface area contributed by atoms with Gasteiger partial charge in [0.15, 0.2) is 6.10 Å². The van der Waals surface area contributed by atoms with Crippen LogP contribution in [0.2, 0.25) is 0 Å². The second-order valence-corrected chi connectivity index (χ2v) is 7.93. The highest BCUT2D eigenvalue weighted by molar-refractivity contribution is 5.95. The molecular formula is C24H28N4O4. The third kappa shape index (κ3) is 6.46. The van der Waals surface area contributed by atoms with Crippen molar-refractivity contribution in [2.24, 2.45) is 5.92 Å². The molecule has 3 rings (SSSR count). The van der Waals surface area contributed by atoms with E-state index in [0.717, 1.165) is 19.4 Å². The molecule has 1 aliphatic heterocycles. The highest BCUT2D eigenvalue weighted by atomic mass is 16.5. The molecule has 0 radical (unpaired) electrons. The van der Waals surface area contributed by atoms with Crippen LogP contribution in [0.15, 0.2) is 48.5 Å². The van der Waals surface area contributed by atoms with Crippen molar-refractivity contribution in [2.75, 3.05) is 23.8 Å². The van der Waals surface area contributed by atoms with Crippen molar-refractivity contribution in [1.29, 1.82) is 5.26 Å². The molecule has 2 aromatic rings. The average Bonchev–Trinajstić information content (AvgIpc) is 3.31. The molecule has 2 atom stereocenters. The number of benzene rings is 2. The highest BCUT2D eigenvalue weighted by Gasteiger charge is 2.25. The highest BCUT2D eigenvalue weighted by Crippen LogP contribution is 2.22. The number of para-hydroxylation sites is 1. The molecule has 3 amide bonds. The Bertz CT molecular complexity index is 963. The predicted molar refractivity (Wildman–Crippen MR) is 121 cm³/mol. The molecule has 0 bridgehead atoms. The number of nitriles is 1. The van der Waals surface area contributed by atoms with Crippen LogP contribution in [0.5, 0.6) is 5.75 Å². The van der Waals surface area contributed by atoms with Crippen LogP contribution in [0.25, 0.3) is 0 Å². The molecule has 2 aromatic carbocycles. The Kier molecular flexibility index (Phi) is 8.06. The Balaban J connectivity index is 1.55. The second kappa shape index (κ2) is 11.2. The standard InChI is InChI=1S/C24H28N4O4/c1-16(2)22(32-21-8-4-3-6-17(21)14-25)23(29)27-18-9-11-19(12-10-18)28-24(30)26-15-20-7-5-13-31-20/h3-4,6,8-12,16,20,22H,5,7,13,15H2,1-2H3,(H,27,29)(H2,26,28,30). The van der Waals surface area contributed by atoms with Gasteiger partial charge >= 0.3 is 6.03 Å². The van der Waals surface area contributed by atoms with Gasteiger partial charge in [0.2, 0.25) is 0 Å². The van der Waals surface area contributed by atoms with Crippen molar-refractivity contribution in [3.8, 4) is 11.8 Å². The number of carbonyl (C=O) groups is 2. The Morgan fingerprint density at radius 1 is 1.12 bits per heavy atom. The molecule has 8 nitrogen and oxygen atoms in total. The zero-order chi connectivity index (χ0) is 22.9. The lowest BCUT2D eigenvalue weighted by atomic mass is 10.1. The fourth-order valence-corrected chi connectivity index (χ4v) is 3.33. The molecule has 0 aliphatic carbocycles. The van der Waals surface area contributed by atoms with Crippen molar-refractivity contribution in [2.45, 2.75) is 38.9 Å². The van der Waals surface area contributed by atoms with Crippen LogP contribution in [-0.2, 0) is 9.53 Å². The maximum absolute atomic E-state index is 12.8. The van der Waals surface area contributed by atoms with E-state index in [4.69, 9.17) is 9.47 Å². The minimum atomic E-state index is -0.772. The van der Waals surface area contributed by atoms with Crippen LogP contribution in [0.3, 0.4) is 0 Å². The van der Waals surface area contributed by atoms with E-state index >= 15 is 0 Å². The fraction of sp³-hybridized carbons (Fsp3) is 0.375. The molecule has 1 heterocycles. The number of hydrogen-bond acceptors (Lipinski definition) is 5. The maximum atomic E-state index is 12.8. The lowest BCUT2D eigenvalue weighted by Crippen LogP contribution is -2.37. The van der Waals surface area contributed by atoms with Crippen molar-refractivity contribution in [3.63, 3.8) is 0 Å². The van der Waals surface area contributed by atoms with E-state index in [0.29, 0.717) is 29.2 Å².